The van der Waals surface area contributed by atoms with E-state index in [0.717, 1.165) is 23.0 Å². The van der Waals surface area contributed by atoms with Crippen molar-refractivity contribution in [1.82, 2.24) is 0 Å². The van der Waals surface area contributed by atoms with Gasteiger partial charge in [0.25, 0.3) is 0 Å². The predicted octanol–water partition coefficient (Wildman–Crippen LogP) is 3.74. The summed E-state index contributed by atoms with van der Waals surface area (Å²) in [7, 11) is 0. The van der Waals surface area contributed by atoms with E-state index < -0.39 is 0 Å². The lowest BCUT2D eigenvalue weighted by molar-refractivity contribution is 0.204. The first kappa shape index (κ1) is 12.0. The second-order valence-corrected chi connectivity index (χ2v) is 5.79. The molecule has 1 saturated carbocycles. The Morgan fingerprint density at radius 2 is 2.00 bits per heavy atom. The monoisotopic (exact) mass is 236 g/mol. The summed E-state index contributed by atoms with van der Waals surface area (Å²) in [5.41, 5.74) is 2.51. The van der Waals surface area contributed by atoms with Crippen molar-refractivity contribution in [2.24, 2.45) is 0 Å². The number of aliphatic hydroxyl groups excluding tert-OH is 1. The minimum absolute atomic E-state index is 0.305. The van der Waals surface area contributed by atoms with Crippen LogP contribution in [0.15, 0.2) is 24.3 Å². The van der Waals surface area contributed by atoms with Gasteiger partial charge >= 0.3 is 0 Å². The second kappa shape index (κ2) is 5.74. The van der Waals surface area contributed by atoms with Gasteiger partial charge in [-0.15, -0.1) is 0 Å². The summed E-state index contributed by atoms with van der Waals surface area (Å²) in [6, 6.07) is 8.57. The zero-order valence-corrected chi connectivity index (χ0v) is 10.7. The molecular formula is C14H20OS. The average Bonchev–Trinajstić information content (AvgIpc) is 2.24. The Bertz CT molecular complexity index is 316. The lowest BCUT2D eigenvalue weighted by Gasteiger charge is -2.26. The molecule has 1 atom stereocenters. The van der Waals surface area contributed by atoms with Crippen molar-refractivity contribution < 1.29 is 5.11 Å². The zero-order chi connectivity index (χ0) is 11.4. The fourth-order valence-electron chi connectivity index (χ4n) is 2.06. The van der Waals surface area contributed by atoms with Crippen LogP contribution in [-0.2, 0) is 0 Å². The van der Waals surface area contributed by atoms with Gasteiger partial charge in [0.05, 0.1) is 6.10 Å². The summed E-state index contributed by atoms with van der Waals surface area (Å²) in [6.45, 7) is 2.12. The summed E-state index contributed by atoms with van der Waals surface area (Å²) in [4.78, 5) is 0. The third-order valence-corrected chi connectivity index (χ3v) is 4.34. The Labute approximate surface area is 102 Å². The van der Waals surface area contributed by atoms with Crippen LogP contribution in [-0.4, -0.2) is 16.6 Å². The fraction of sp³-hybridized carbons (Fsp3) is 0.571. The van der Waals surface area contributed by atoms with Crippen LogP contribution in [0.2, 0.25) is 0 Å². The highest BCUT2D eigenvalue weighted by Crippen LogP contribution is 2.36. The van der Waals surface area contributed by atoms with Gasteiger partial charge in [-0.2, -0.15) is 11.8 Å². The van der Waals surface area contributed by atoms with Gasteiger partial charge in [0.15, 0.2) is 0 Å². The van der Waals surface area contributed by atoms with Gasteiger partial charge in [0.2, 0.25) is 0 Å². The maximum Gasteiger partial charge on any atom is 0.0880 e. The molecule has 1 nitrogen and oxygen atoms in total. The van der Waals surface area contributed by atoms with E-state index in [1.54, 1.807) is 11.8 Å². The molecule has 1 unspecified atom stereocenters. The molecule has 0 spiro atoms. The molecule has 0 heterocycles. The molecule has 0 bridgehead atoms. The summed E-state index contributed by atoms with van der Waals surface area (Å²) in [6.07, 6.45) is 3.75. The molecule has 0 aliphatic heterocycles. The number of hydrogen-bond acceptors (Lipinski definition) is 2. The van der Waals surface area contributed by atoms with E-state index in [0.29, 0.717) is 0 Å². The van der Waals surface area contributed by atoms with Gasteiger partial charge in [0.1, 0.15) is 0 Å². The Morgan fingerprint density at radius 3 is 2.50 bits per heavy atom. The van der Waals surface area contributed by atoms with Crippen molar-refractivity contribution in [3.8, 4) is 0 Å². The quantitative estimate of drug-likeness (QED) is 0.840. The number of rotatable bonds is 5. The normalized spacial score (nSPS) is 18.1. The standard InChI is InChI=1S/C14H20OS/c1-2-16-10-14(15)13-8-6-12(7-9-13)11-4-3-5-11/h6-9,11,14-15H,2-5,10H2,1H3. The highest BCUT2D eigenvalue weighted by Gasteiger charge is 2.19. The van der Waals surface area contributed by atoms with E-state index in [2.05, 4.69) is 31.2 Å². The third-order valence-electron chi connectivity index (χ3n) is 3.38. The molecule has 1 aliphatic rings. The van der Waals surface area contributed by atoms with E-state index in [-0.39, 0.29) is 6.10 Å². The van der Waals surface area contributed by atoms with E-state index >= 15 is 0 Å². The van der Waals surface area contributed by atoms with Crippen LogP contribution < -0.4 is 0 Å². The van der Waals surface area contributed by atoms with Crippen molar-refractivity contribution in [2.45, 2.75) is 38.2 Å². The smallest absolute Gasteiger partial charge is 0.0880 e. The SMILES string of the molecule is CCSCC(O)c1ccc(C2CCC2)cc1. The summed E-state index contributed by atoms with van der Waals surface area (Å²) in [5, 5.41) is 9.93. The molecule has 1 fully saturated rings. The molecular weight excluding hydrogens is 216 g/mol. The molecule has 0 aromatic heterocycles. The molecule has 1 aromatic rings. The molecule has 1 N–H and O–H groups in total. The first-order chi connectivity index (χ1) is 7.81. The molecule has 1 aliphatic carbocycles. The van der Waals surface area contributed by atoms with Crippen molar-refractivity contribution in [1.29, 1.82) is 0 Å². The zero-order valence-electron chi connectivity index (χ0n) is 9.86. The average molecular weight is 236 g/mol. The molecule has 0 radical (unpaired) electrons. The Balaban J connectivity index is 1.95. The third kappa shape index (κ3) is 2.80. The molecule has 2 heteroatoms. The molecule has 88 valence electrons. The molecule has 16 heavy (non-hydrogen) atoms. The van der Waals surface area contributed by atoms with Crippen molar-refractivity contribution in [3.63, 3.8) is 0 Å². The number of hydrogen-bond donors (Lipinski definition) is 1. The number of thioether (sulfide) groups is 1. The van der Waals surface area contributed by atoms with E-state index in [1.165, 1.54) is 24.8 Å². The Kier molecular flexibility index (Phi) is 4.30. The Hall–Kier alpha value is -0.470. The fourth-order valence-corrected chi connectivity index (χ4v) is 2.71. The largest absolute Gasteiger partial charge is 0.388 e. The van der Waals surface area contributed by atoms with Gasteiger partial charge in [-0.05, 0) is 35.6 Å². The molecule has 0 saturated heterocycles. The number of benzene rings is 1. The summed E-state index contributed by atoms with van der Waals surface area (Å²) >= 11 is 1.79. The van der Waals surface area contributed by atoms with Crippen molar-refractivity contribution >= 4 is 11.8 Å². The minimum atomic E-state index is -0.305. The lowest BCUT2D eigenvalue weighted by atomic mass is 9.80. The van der Waals surface area contributed by atoms with Crippen LogP contribution in [0.4, 0.5) is 0 Å². The Morgan fingerprint density at radius 1 is 1.31 bits per heavy atom. The topological polar surface area (TPSA) is 20.2 Å². The van der Waals surface area contributed by atoms with Crippen molar-refractivity contribution in [3.05, 3.63) is 35.4 Å². The lowest BCUT2D eigenvalue weighted by Crippen LogP contribution is -2.09. The van der Waals surface area contributed by atoms with Crippen LogP contribution >= 0.6 is 11.8 Å². The van der Waals surface area contributed by atoms with Gasteiger partial charge in [-0.1, -0.05) is 37.6 Å². The van der Waals surface area contributed by atoms with Crippen LogP contribution in [0.1, 0.15) is 49.3 Å². The molecule has 2 rings (SSSR count). The number of aliphatic hydroxyl groups is 1. The summed E-state index contributed by atoms with van der Waals surface area (Å²) < 4.78 is 0. The first-order valence-corrected chi connectivity index (χ1v) is 7.32. The van der Waals surface area contributed by atoms with Gasteiger partial charge in [-0.3, -0.25) is 0 Å². The first-order valence-electron chi connectivity index (χ1n) is 6.17. The van der Waals surface area contributed by atoms with Crippen LogP contribution in [0, 0.1) is 0 Å². The van der Waals surface area contributed by atoms with E-state index in [4.69, 9.17) is 0 Å². The van der Waals surface area contributed by atoms with Crippen molar-refractivity contribution in [2.75, 3.05) is 11.5 Å². The van der Waals surface area contributed by atoms with Gasteiger partial charge < -0.3 is 5.11 Å². The maximum atomic E-state index is 9.93. The predicted molar refractivity (Wildman–Crippen MR) is 71.0 cm³/mol. The summed E-state index contributed by atoms with van der Waals surface area (Å²) in [5.74, 6) is 2.66. The highest BCUT2D eigenvalue weighted by atomic mass is 32.2. The minimum Gasteiger partial charge on any atom is -0.388 e. The van der Waals surface area contributed by atoms with Gasteiger partial charge in [0, 0.05) is 5.75 Å². The molecule has 0 amide bonds. The van der Waals surface area contributed by atoms with Crippen LogP contribution in [0.25, 0.3) is 0 Å². The van der Waals surface area contributed by atoms with Crippen LogP contribution in [0.5, 0.6) is 0 Å². The van der Waals surface area contributed by atoms with E-state index in [9.17, 15) is 5.11 Å². The highest BCUT2D eigenvalue weighted by molar-refractivity contribution is 7.99. The maximum absolute atomic E-state index is 9.93. The van der Waals surface area contributed by atoms with Gasteiger partial charge in [-0.25, -0.2) is 0 Å². The van der Waals surface area contributed by atoms with Crippen LogP contribution in [0.3, 0.4) is 0 Å². The molecule has 1 aromatic carbocycles. The second-order valence-electron chi connectivity index (χ2n) is 4.47. The van der Waals surface area contributed by atoms with E-state index in [1.807, 2.05) is 0 Å².